The van der Waals surface area contributed by atoms with Crippen molar-refractivity contribution in [1.29, 1.82) is 0 Å². The first-order chi connectivity index (χ1) is 16.3. The summed E-state index contributed by atoms with van der Waals surface area (Å²) in [6, 6.07) is 7.45. The van der Waals surface area contributed by atoms with Crippen molar-refractivity contribution >= 4 is 35.0 Å². The molecule has 3 atom stereocenters. The third kappa shape index (κ3) is 15.3. The second kappa shape index (κ2) is 14.7. The van der Waals surface area contributed by atoms with Gasteiger partial charge in [0, 0.05) is 4.90 Å². The van der Waals surface area contributed by atoms with E-state index in [0.717, 1.165) is 16.7 Å². The Kier molecular flexibility index (Phi) is 13.6. The Balaban J connectivity index is 0.000000723. The maximum atomic E-state index is 12.3. The van der Waals surface area contributed by atoms with E-state index >= 15 is 0 Å². The van der Waals surface area contributed by atoms with Crippen LogP contribution in [0.2, 0.25) is 0 Å². The van der Waals surface area contributed by atoms with Crippen LogP contribution in [0.25, 0.3) is 0 Å². The fraction of sp³-hybridized carbons (Fsp3) is 0.600. The van der Waals surface area contributed by atoms with Crippen LogP contribution < -0.4 is 10.6 Å². The molecule has 0 saturated heterocycles. The maximum Gasteiger partial charge on any atom is 0.408 e. The van der Waals surface area contributed by atoms with Crippen LogP contribution in [0.15, 0.2) is 35.2 Å². The number of carbonyl (C=O) groups excluding carboxylic acids is 3. The molecule has 4 N–H and O–H groups in total. The number of carbonyl (C=O) groups is 4. The number of aliphatic carboxylic acids is 1. The minimum Gasteiger partial charge on any atom is -0.480 e. The molecule has 0 fully saturated rings. The number of nitrogens with one attached hydrogen (secondary N) is 2. The molecule has 11 heteroatoms. The van der Waals surface area contributed by atoms with Crippen LogP contribution in [0.5, 0.6) is 0 Å². The van der Waals surface area contributed by atoms with Gasteiger partial charge in [-0.15, -0.1) is 0 Å². The highest BCUT2D eigenvalue weighted by Crippen LogP contribution is 2.22. The number of alkyl carbamates (subject to hydrolysis) is 2. The van der Waals surface area contributed by atoms with E-state index in [4.69, 9.17) is 19.7 Å². The molecule has 204 valence electrons. The van der Waals surface area contributed by atoms with E-state index in [1.807, 2.05) is 44.2 Å². The van der Waals surface area contributed by atoms with Crippen molar-refractivity contribution in [3.8, 4) is 0 Å². The van der Waals surface area contributed by atoms with Crippen LogP contribution in [-0.2, 0) is 19.1 Å². The molecule has 0 saturated carbocycles. The quantitative estimate of drug-likeness (QED) is 0.382. The monoisotopic (exact) mass is 528 g/mol. The van der Waals surface area contributed by atoms with Gasteiger partial charge in [0.1, 0.15) is 17.2 Å². The van der Waals surface area contributed by atoms with Gasteiger partial charge in [-0.2, -0.15) is 0 Å². The zero-order chi connectivity index (χ0) is 28.3. The van der Waals surface area contributed by atoms with E-state index in [1.54, 1.807) is 41.5 Å². The first-order valence-corrected chi connectivity index (χ1v) is 12.3. The standard InChI is InChI=1S/C16H23NO3S.C9H17NO5/c1-11(2)13(17-15(19)20-16(3,4)5)14(18)21-12-9-7-6-8-10-12;1-5(11)6(7(12)13)10-8(14)15-9(2,3)4/h6-11,13H,1-5H3,(H,17,19);5-6,11H,1-4H3,(H,10,14)(H,12,13)/t13-;5-,6-/m00/s1. The molecule has 10 nitrogen and oxygen atoms in total. The van der Waals surface area contributed by atoms with Crippen LogP contribution in [0.4, 0.5) is 9.59 Å². The van der Waals surface area contributed by atoms with Crippen molar-refractivity contribution < 1.29 is 38.9 Å². The summed E-state index contributed by atoms with van der Waals surface area (Å²) in [6.07, 6.45) is -2.62. The minimum atomic E-state index is -1.36. The third-order valence-electron chi connectivity index (χ3n) is 3.98. The summed E-state index contributed by atoms with van der Waals surface area (Å²) >= 11 is 1.13. The average molecular weight is 529 g/mol. The summed E-state index contributed by atoms with van der Waals surface area (Å²) < 4.78 is 10.1. The zero-order valence-electron chi connectivity index (χ0n) is 22.4. The second-order valence-corrected chi connectivity index (χ2v) is 11.4. The molecule has 0 spiro atoms. The summed E-state index contributed by atoms with van der Waals surface area (Å²) in [5.74, 6) is -1.32. The van der Waals surface area contributed by atoms with E-state index in [-0.39, 0.29) is 11.0 Å². The number of hydrogen-bond acceptors (Lipinski definition) is 8. The number of amides is 2. The van der Waals surface area contributed by atoms with Crippen molar-refractivity contribution in [2.75, 3.05) is 0 Å². The number of rotatable bonds is 7. The molecule has 1 rings (SSSR count). The van der Waals surface area contributed by atoms with Crippen LogP contribution in [0.3, 0.4) is 0 Å². The van der Waals surface area contributed by atoms with Gasteiger partial charge in [0.15, 0.2) is 6.04 Å². The summed E-state index contributed by atoms with van der Waals surface area (Å²) in [7, 11) is 0. The Bertz CT molecular complexity index is 861. The molecule has 36 heavy (non-hydrogen) atoms. The number of benzene rings is 1. The number of carboxylic acid groups (broad SMARTS) is 1. The molecule has 0 unspecified atom stereocenters. The molecule has 2 amide bonds. The van der Waals surface area contributed by atoms with Crippen molar-refractivity contribution in [1.82, 2.24) is 10.6 Å². The van der Waals surface area contributed by atoms with Crippen molar-refractivity contribution in [2.24, 2.45) is 5.92 Å². The Hall–Kier alpha value is -2.79. The van der Waals surface area contributed by atoms with Gasteiger partial charge >= 0.3 is 18.2 Å². The number of ether oxygens (including phenoxy) is 2. The molecule has 0 heterocycles. The highest BCUT2D eigenvalue weighted by molar-refractivity contribution is 8.13. The Morgan fingerprint density at radius 2 is 1.22 bits per heavy atom. The number of thioether (sulfide) groups is 1. The lowest BCUT2D eigenvalue weighted by atomic mass is 10.1. The lowest BCUT2D eigenvalue weighted by Gasteiger charge is -2.24. The van der Waals surface area contributed by atoms with E-state index in [2.05, 4.69) is 10.6 Å². The van der Waals surface area contributed by atoms with E-state index < -0.39 is 47.5 Å². The molecule has 0 radical (unpaired) electrons. The van der Waals surface area contributed by atoms with Crippen molar-refractivity contribution in [3.05, 3.63) is 30.3 Å². The predicted molar refractivity (Wildman–Crippen MR) is 138 cm³/mol. The number of hydrogen-bond donors (Lipinski definition) is 4. The lowest BCUT2D eigenvalue weighted by Crippen LogP contribution is -2.49. The lowest BCUT2D eigenvalue weighted by molar-refractivity contribution is -0.142. The van der Waals surface area contributed by atoms with Crippen LogP contribution in [-0.4, -0.2) is 62.9 Å². The molecule has 0 aliphatic heterocycles. The molecule has 0 aliphatic carbocycles. The van der Waals surface area contributed by atoms with Gasteiger partial charge in [-0.25, -0.2) is 14.4 Å². The summed E-state index contributed by atoms with van der Waals surface area (Å²) in [6.45, 7) is 15.4. The minimum absolute atomic E-state index is 0.0127. The summed E-state index contributed by atoms with van der Waals surface area (Å²) in [4.78, 5) is 46.8. The molecule has 0 aromatic heterocycles. The normalized spacial score (nSPS) is 13.9. The Morgan fingerprint density at radius 1 is 0.806 bits per heavy atom. The van der Waals surface area contributed by atoms with Gasteiger partial charge in [-0.05, 0) is 78.3 Å². The van der Waals surface area contributed by atoms with Gasteiger partial charge in [0.25, 0.3) is 0 Å². The fourth-order valence-electron chi connectivity index (χ4n) is 2.42. The summed E-state index contributed by atoms with van der Waals surface area (Å²) in [5, 5.41) is 22.4. The van der Waals surface area contributed by atoms with Gasteiger partial charge in [-0.1, -0.05) is 32.0 Å². The van der Waals surface area contributed by atoms with Gasteiger partial charge in [0.05, 0.1) is 6.10 Å². The summed E-state index contributed by atoms with van der Waals surface area (Å²) in [5.41, 5.74) is -1.28. The van der Waals surface area contributed by atoms with Gasteiger partial charge < -0.3 is 30.3 Å². The van der Waals surface area contributed by atoms with Crippen molar-refractivity contribution in [3.63, 3.8) is 0 Å². The molecule has 1 aromatic carbocycles. The third-order valence-corrected chi connectivity index (χ3v) is 4.94. The number of carboxylic acids is 1. The van der Waals surface area contributed by atoms with Crippen LogP contribution >= 0.6 is 11.8 Å². The number of aliphatic hydroxyl groups is 1. The molecular weight excluding hydrogens is 488 g/mol. The maximum absolute atomic E-state index is 12.3. The van der Waals surface area contributed by atoms with Gasteiger partial charge in [0.2, 0.25) is 5.12 Å². The largest absolute Gasteiger partial charge is 0.480 e. The highest BCUT2D eigenvalue weighted by atomic mass is 32.2. The van der Waals surface area contributed by atoms with Crippen LogP contribution in [0.1, 0.15) is 62.3 Å². The van der Waals surface area contributed by atoms with E-state index in [1.165, 1.54) is 6.92 Å². The zero-order valence-corrected chi connectivity index (χ0v) is 23.3. The Morgan fingerprint density at radius 3 is 1.56 bits per heavy atom. The number of aliphatic hydroxyl groups excluding tert-OH is 1. The van der Waals surface area contributed by atoms with Crippen molar-refractivity contribution in [2.45, 2.75) is 96.6 Å². The first kappa shape index (κ1) is 33.2. The molecule has 0 bridgehead atoms. The smallest absolute Gasteiger partial charge is 0.408 e. The predicted octanol–water partition coefficient (Wildman–Crippen LogP) is 4.20. The van der Waals surface area contributed by atoms with E-state index in [0.29, 0.717) is 0 Å². The van der Waals surface area contributed by atoms with Crippen LogP contribution in [0, 0.1) is 5.92 Å². The molecular formula is C25H40N2O8S. The topological polar surface area (TPSA) is 151 Å². The molecule has 1 aromatic rings. The van der Waals surface area contributed by atoms with Gasteiger partial charge in [-0.3, -0.25) is 4.79 Å². The van der Waals surface area contributed by atoms with E-state index in [9.17, 15) is 19.2 Å². The fourth-order valence-corrected chi connectivity index (χ4v) is 3.41. The Labute approximate surface area is 217 Å². The highest BCUT2D eigenvalue weighted by Gasteiger charge is 2.28. The molecule has 0 aliphatic rings. The second-order valence-electron chi connectivity index (χ2n) is 10.3. The average Bonchev–Trinajstić information content (AvgIpc) is 2.68. The SMILES string of the molecule is CC(C)[C@H](NC(=O)OC(C)(C)C)C(=O)Sc1ccccc1.C[C@H](O)[C@H](NC(=O)OC(C)(C)C)C(=O)O. The first-order valence-electron chi connectivity index (χ1n) is 11.5.